The van der Waals surface area contributed by atoms with Gasteiger partial charge in [-0.1, -0.05) is 24.0 Å². The molecule has 0 spiro atoms. The molecule has 1 saturated heterocycles. The van der Waals surface area contributed by atoms with Gasteiger partial charge in [-0.15, -0.1) is 11.3 Å². The Balaban J connectivity index is 1.60. The Morgan fingerprint density at radius 1 is 1.17 bits per heavy atom. The molecule has 42 heavy (non-hydrogen) atoms. The maximum Gasteiger partial charge on any atom is 0.483 e. The van der Waals surface area contributed by atoms with E-state index in [9.17, 15) is 34.9 Å². The number of fused-ring (bicyclic) bond motifs is 1. The van der Waals surface area contributed by atoms with Gasteiger partial charge < -0.3 is 20.3 Å². The number of rotatable bonds is 7. The van der Waals surface area contributed by atoms with Crippen LogP contribution in [0.15, 0.2) is 41.3 Å². The van der Waals surface area contributed by atoms with Crippen molar-refractivity contribution in [1.29, 1.82) is 4.78 Å². The average Bonchev–Trinajstić information content (AvgIpc) is 3.24. The van der Waals surface area contributed by atoms with E-state index in [0.717, 1.165) is 29.5 Å². The molecular formula is C27H27F7N4O2S2. The summed E-state index contributed by atoms with van der Waals surface area (Å²) in [4.78, 5) is 1.27. The first-order chi connectivity index (χ1) is 19.6. The van der Waals surface area contributed by atoms with E-state index in [-0.39, 0.29) is 35.0 Å². The predicted octanol–water partition coefficient (Wildman–Crippen LogP) is 6.86. The molecule has 0 aliphatic carbocycles. The smallest absolute Gasteiger partial charge is 0.483 e. The van der Waals surface area contributed by atoms with E-state index in [1.54, 1.807) is 18.2 Å². The Labute approximate surface area is 242 Å². The summed E-state index contributed by atoms with van der Waals surface area (Å²) < 4.78 is 119. The quantitative estimate of drug-likeness (QED) is 0.195. The number of benzene rings is 2. The van der Waals surface area contributed by atoms with Crippen LogP contribution in [0.5, 0.6) is 5.75 Å². The molecule has 0 saturated carbocycles. The van der Waals surface area contributed by atoms with Crippen molar-refractivity contribution in [3.63, 3.8) is 0 Å². The van der Waals surface area contributed by atoms with Gasteiger partial charge in [-0.05, 0) is 48.7 Å². The summed E-state index contributed by atoms with van der Waals surface area (Å²) in [5.41, 5.74) is -4.56. The molecule has 1 fully saturated rings. The lowest BCUT2D eigenvalue weighted by atomic mass is 10.0. The third kappa shape index (κ3) is 7.04. The number of piperidine rings is 1. The Kier molecular flexibility index (Phi) is 9.19. The van der Waals surface area contributed by atoms with Gasteiger partial charge in [-0.25, -0.2) is 13.4 Å². The third-order valence-corrected chi connectivity index (χ3v) is 9.45. The van der Waals surface area contributed by atoms with Crippen LogP contribution in [0.4, 0.5) is 42.1 Å². The van der Waals surface area contributed by atoms with Crippen molar-refractivity contribution in [3.05, 3.63) is 46.8 Å². The largest absolute Gasteiger partial charge is 0.495 e. The third-order valence-electron chi connectivity index (χ3n) is 6.68. The highest BCUT2D eigenvalue weighted by Gasteiger charge is 2.43. The summed E-state index contributed by atoms with van der Waals surface area (Å²) in [5.74, 6) is 5.39. The standard InChI is InChI=1S/C27H27F7N4O2S2/c1-38-12-10-20(19(28)15-38)37-22-6-3-5-17-18(14-26(29,30)31)24(41-25(17)22)7-4-11-36-21-9-8-16(13-23(21)40-2)42(35,39)27(32,33)34/h3,5-6,8-9,13,19-20,35-37H,10-12,14-15H2,1-2H3/t19-,20-,42?/m1/s1. The number of nitrogens with one attached hydrogen (secondary N) is 3. The van der Waals surface area contributed by atoms with E-state index in [2.05, 4.69) is 22.5 Å². The molecular weight excluding hydrogens is 609 g/mol. The molecule has 15 heteroatoms. The normalized spacial score (nSPS) is 19.5. The number of halogens is 7. The Morgan fingerprint density at radius 3 is 2.55 bits per heavy atom. The summed E-state index contributed by atoms with van der Waals surface area (Å²) in [7, 11) is -2.09. The zero-order valence-corrected chi connectivity index (χ0v) is 24.0. The highest BCUT2D eigenvalue weighted by molar-refractivity contribution is 7.93. The molecule has 0 bridgehead atoms. The molecule has 3 N–H and O–H groups in total. The van der Waals surface area contributed by atoms with Gasteiger partial charge in [0.1, 0.15) is 11.9 Å². The lowest BCUT2D eigenvalue weighted by Gasteiger charge is -2.33. The minimum Gasteiger partial charge on any atom is -0.495 e. The first kappa shape index (κ1) is 31.7. The van der Waals surface area contributed by atoms with E-state index in [4.69, 9.17) is 9.52 Å². The second kappa shape index (κ2) is 12.2. The molecule has 228 valence electrons. The van der Waals surface area contributed by atoms with Crippen molar-refractivity contribution in [1.82, 2.24) is 4.90 Å². The average molecular weight is 637 g/mol. The molecule has 1 aliphatic rings. The number of hydrogen-bond acceptors (Lipinski definition) is 7. The Bertz CT molecular complexity index is 1610. The number of methoxy groups -OCH3 is 1. The van der Waals surface area contributed by atoms with Crippen molar-refractivity contribution in [3.8, 4) is 17.6 Å². The Hall–Kier alpha value is -3.22. The number of anilines is 2. The van der Waals surface area contributed by atoms with Crippen LogP contribution in [0.3, 0.4) is 0 Å². The van der Waals surface area contributed by atoms with E-state index < -0.39 is 44.9 Å². The fraction of sp³-hybridized carbons (Fsp3) is 0.407. The molecule has 1 aliphatic heterocycles. The van der Waals surface area contributed by atoms with Gasteiger partial charge in [0.15, 0.2) is 9.73 Å². The summed E-state index contributed by atoms with van der Waals surface area (Å²) in [5, 5.41) is 6.35. The van der Waals surface area contributed by atoms with Crippen molar-refractivity contribution in [2.75, 3.05) is 44.4 Å². The first-order valence-corrected chi connectivity index (χ1v) is 14.9. The first-order valence-electron chi connectivity index (χ1n) is 12.6. The van der Waals surface area contributed by atoms with Crippen LogP contribution >= 0.6 is 11.3 Å². The maximum absolute atomic E-state index is 14.7. The summed E-state index contributed by atoms with van der Waals surface area (Å²) in [6.07, 6.45) is -6.33. The van der Waals surface area contributed by atoms with Crippen LogP contribution in [0.2, 0.25) is 0 Å². The molecule has 2 aromatic carbocycles. The minimum atomic E-state index is -5.27. The second-order valence-electron chi connectivity index (χ2n) is 9.72. The molecule has 2 heterocycles. The summed E-state index contributed by atoms with van der Waals surface area (Å²) in [6.45, 7) is 0.813. The molecule has 0 radical (unpaired) electrons. The number of ether oxygens (including phenoxy) is 1. The van der Waals surface area contributed by atoms with Gasteiger partial charge in [0.2, 0.25) is 0 Å². The highest BCUT2D eigenvalue weighted by Crippen LogP contribution is 2.40. The number of hydrogen-bond donors (Lipinski definition) is 3. The van der Waals surface area contributed by atoms with Gasteiger partial charge in [0.05, 0.1) is 52.0 Å². The van der Waals surface area contributed by atoms with E-state index >= 15 is 0 Å². The van der Waals surface area contributed by atoms with E-state index in [1.807, 2.05) is 11.9 Å². The highest BCUT2D eigenvalue weighted by atomic mass is 32.2. The zero-order chi connectivity index (χ0) is 30.9. The molecule has 0 amide bonds. The van der Waals surface area contributed by atoms with Gasteiger partial charge in [-0.3, -0.25) is 0 Å². The molecule has 1 unspecified atom stereocenters. The SMILES string of the molecule is COc1cc(S(=N)(=O)C(F)(F)F)ccc1NCC#Cc1sc2c(N[C@@H]3CCN(C)C[C@H]3F)cccc2c1CC(F)(F)F. The molecule has 3 atom stereocenters. The lowest BCUT2D eigenvalue weighted by Crippen LogP contribution is -2.46. The van der Waals surface area contributed by atoms with Crippen molar-refractivity contribution in [2.45, 2.75) is 41.6 Å². The predicted molar refractivity (Wildman–Crippen MR) is 150 cm³/mol. The molecule has 3 aromatic rings. The molecule has 6 nitrogen and oxygen atoms in total. The van der Waals surface area contributed by atoms with Crippen LogP contribution in [-0.4, -0.2) is 66.8 Å². The topological polar surface area (TPSA) is 77.4 Å². The van der Waals surface area contributed by atoms with Gasteiger partial charge in [0, 0.05) is 13.1 Å². The summed E-state index contributed by atoms with van der Waals surface area (Å²) >= 11 is 1.06. The number of thiophene rings is 1. The van der Waals surface area contributed by atoms with Gasteiger partial charge in [0.25, 0.3) is 0 Å². The van der Waals surface area contributed by atoms with Crippen molar-refractivity contribution < 1.29 is 39.7 Å². The van der Waals surface area contributed by atoms with Gasteiger partial charge in [-0.2, -0.15) is 26.3 Å². The second-order valence-corrected chi connectivity index (χ2v) is 12.8. The van der Waals surface area contributed by atoms with Crippen molar-refractivity contribution >= 4 is 42.5 Å². The van der Waals surface area contributed by atoms with Gasteiger partial charge >= 0.3 is 11.7 Å². The zero-order valence-electron chi connectivity index (χ0n) is 22.4. The van der Waals surface area contributed by atoms with Crippen molar-refractivity contribution in [2.24, 2.45) is 0 Å². The summed E-state index contributed by atoms with van der Waals surface area (Å²) in [6, 6.07) is 7.28. The minimum absolute atomic E-state index is 0.00174. The van der Waals surface area contributed by atoms with E-state index in [1.165, 1.54) is 7.11 Å². The number of likely N-dealkylation sites (tertiary alicyclic amines) is 1. The van der Waals surface area contributed by atoms with Crippen LogP contribution < -0.4 is 15.4 Å². The van der Waals surface area contributed by atoms with E-state index in [0.29, 0.717) is 28.7 Å². The Morgan fingerprint density at radius 2 is 1.90 bits per heavy atom. The number of alkyl halides is 7. The van der Waals surface area contributed by atoms with Crippen LogP contribution in [-0.2, 0) is 16.1 Å². The fourth-order valence-corrected chi connectivity index (χ4v) is 6.54. The van der Waals surface area contributed by atoms with Crippen LogP contribution in [0.1, 0.15) is 16.9 Å². The monoisotopic (exact) mass is 636 g/mol. The number of nitrogens with zero attached hydrogens (tertiary/aromatic N) is 1. The molecule has 1 aromatic heterocycles. The van der Waals surface area contributed by atoms with Crippen LogP contribution in [0.25, 0.3) is 10.1 Å². The molecule has 4 rings (SSSR count). The maximum atomic E-state index is 14.7. The lowest BCUT2D eigenvalue weighted by molar-refractivity contribution is -0.126. The fourth-order valence-electron chi connectivity index (χ4n) is 4.57. The van der Waals surface area contributed by atoms with Crippen LogP contribution in [0, 0.1) is 16.6 Å².